The molecule has 26 heavy (non-hydrogen) atoms. The zero-order valence-electron chi connectivity index (χ0n) is 16.8. The minimum atomic E-state index is -4.53. The van der Waals surface area contributed by atoms with Gasteiger partial charge < -0.3 is 19.6 Å². The number of unbranched alkanes of at least 4 members (excludes halogenated alkanes) is 8. The largest absolute Gasteiger partial charge is 0.469 e. The summed E-state index contributed by atoms with van der Waals surface area (Å²) in [6, 6.07) is 0. The van der Waals surface area contributed by atoms with Gasteiger partial charge in [0.15, 0.2) is 0 Å². The van der Waals surface area contributed by atoms with E-state index in [0.717, 1.165) is 12.8 Å². The van der Waals surface area contributed by atoms with Gasteiger partial charge >= 0.3 is 7.82 Å². The lowest BCUT2D eigenvalue weighted by atomic mass is 9.95. The van der Waals surface area contributed by atoms with Crippen molar-refractivity contribution >= 4 is 7.82 Å². The van der Waals surface area contributed by atoms with Gasteiger partial charge in [0.1, 0.15) is 6.10 Å². The van der Waals surface area contributed by atoms with Gasteiger partial charge in [0.25, 0.3) is 0 Å². The van der Waals surface area contributed by atoms with Crippen molar-refractivity contribution in [1.82, 2.24) is 0 Å². The van der Waals surface area contributed by atoms with E-state index in [-0.39, 0.29) is 6.61 Å². The Morgan fingerprint density at radius 2 is 1.27 bits per heavy atom. The Hall–Kier alpha value is 0.0300. The fourth-order valence-corrected chi connectivity index (χ4v) is 3.35. The molecule has 0 radical (unpaired) electrons. The summed E-state index contributed by atoms with van der Waals surface area (Å²) in [5.41, 5.74) is 0. The smallest absolute Gasteiger partial charge is 0.388 e. The Morgan fingerprint density at radius 1 is 0.769 bits per heavy atom. The molecule has 0 saturated heterocycles. The van der Waals surface area contributed by atoms with Crippen LogP contribution >= 0.6 is 7.82 Å². The highest BCUT2D eigenvalue weighted by molar-refractivity contribution is 7.46. The van der Waals surface area contributed by atoms with Crippen molar-refractivity contribution in [2.75, 3.05) is 19.8 Å². The van der Waals surface area contributed by atoms with Gasteiger partial charge in [-0.15, -0.1) is 0 Å². The number of hydrogen-bond acceptors (Lipinski definition) is 4. The lowest BCUT2D eigenvalue weighted by Gasteiger charge is -2.19. The summed E-state index contributed by atoms with van der Waals surface area (Å²) in [6.45, 7) is 4.65. The third-order valence-corrected chi connectivity index (χ3v) is 5.02. The summed E-state index contributed by atoms with van der Waals surface area (Å²) < 4.78 is 20.5. The summed E-state index contributed by atoms with van der Waals surface area (Å²) in [5.74, 6) is 0.493. The standard InChI is InChI=1S/C19H41O6P/c1-3-5-7-9-10-12-14-18(13-11-8-6-4-2)15-24-16-19(20)17-25-26(21,22)23/h18-20H,3-17H2,1-2H3,(H2,21,22,23). The maximum Gasteiger partial charge on any atom is 0.469 e. The van der Waals surface area contributed by atoms with E-state index in [2.05, 4.69) is 18.4 Å². The molecule has 0 fully saturated rings. The van der Waals surface area contributed by atoms with Crippen molar-refractivity contribution in [3.8, 4) is 0 Å². The normalized spacial score (nSPS) is 14.5. The Balaban J connectivity index is 3.99. The van der Waals surface area contributed by atoms with Crippen molar-refractivity contribution in [1.29, 1.82) is 0 Å². The molecule has 0 heterocycles. The molecule has 0 aromatic carbocycles. The highest BCUT2D eigenvalue weighted by Crippen LogP contribution is 2.35. The molecule has 0 bridgehead atoms. The van der Waals surface area contributed by atoms with E-state index in [9.17, 15) is 9.67 Å². The quantitative estimate of drug-likeness (QED) is 0.214. The first-order valence-electron chi connectivity index (χ1n) is 10.3. The highest BCUT2D eigenvalue weighted by Gasteiger charge is 2.17. The van der Waals surface area contributed by atoms with Gasteiger partial charge in [-0.3, -0.25) is 4.52 Å². The van der Waals surface area contributed by atoms with Crippen molar-refractivity contribution < 1.29 is 28.7 Å². The number of hydrogen-bond donors (Lipinski definition) is 3. The van der Waals surface area contributed by atoms with Crippen LogP contribution in [0.15, 0.2) is 0 Å². The molecule has 0 amide bonds. The fourth-order valence-electron chi connectivity index (χ4n) is 2.99. The number of ether oxygens (including phenoxy) is 1. The van der Waals surface area contributed by atoms with Gasteiger partial charge in [-0.1, -0.05) is 78.1 Å². The van der Waals surface area contributed by atoms with E-state index in [4.69, 9.17) is 14.5 Å². The van der Waals surface area contributed by atoms with Crippen LogP contribution in [0.5, 0.6) is 0 Å². The second-order valence-corrected chi connectivity index (χ2v) is 8.49. The second-order valence-electron chi connectivity index (χ2n) is 7.25. The first-order chi connectivity index (χ1) is 12.4. The maximum absolute atomic E-state index is 10.6. The summed E-state index contributed by atoms with van der Waals surface area (Å²) in [7, 11) is -4.53. The van der Waals surface area contributed by atoms with Crippen molar-refractivity contribution in [3.05, 3.63) is 0 Å². The van der Waals surface area contributed by atoms with Gasteiger partial charge in [-0.2, -0.15) is 0 Å². The summed E-state index contributed by atoms with van der Waals surface area (Å²) in [5, 5.41) is 9.67. The first kappa shape index (κ1) is 26.0. The molecule has 0 aliphatic heterocycles. The van der Waals surface area contributed by atoms with Crippen LogP contribution in [0.4, 0.5) is 0 Å². The molecular formula is C19H41O6P. The number of phosphoric ester groups is 1. The molecule has 0 aliphatic rings. The van der Waals surface area contributed by atoms with Gasteiger partial charge in [-0.25, -0.2) is 4.57 Å². The van der Waals surface area contributed by atoms with Crippen LogP contribution in [0.3, 0.4) is 0 Å². The molecule has 3 N–H and O–H groups in total. The monoisotopic (exact) mass is 396 g/mol. The highest BCUT2D eigenvalue weighted by atomic mass is 31.2. The van der Waals surface area contributed by atoms with Gasteiger partial charge in [-0.05, 0) is 18.8 Å². The third-order valence-electron chi connectivity index (χ3n) is 4.53. The number of phosphoric acid groups is 1. The molecule has 0 spiro atoms. The molecular weight excluding hydrogens is 355 g/mol. The molecule has 6 nitrogen and oxygen atoms in total. The summed E-state index contributed by atoms with van der Waals surface area (Å²) in [4.78, 5) is 17.3. The van der Waals surface area contributed by atoms with Crippen LogP contribution in [-0.4, -0.2) is 40.8 Å². The lowest BCUT2D eigenvalue weighted by Crippen LogP contribution is -2.23. The van der Waals surface area contributed by atoms with Gasteiger partial charge in [0.05, 0.1) is 13.2 Å². The van der Waals surface area contributed by atoms with Crippen LogP contribution in [0.2, 0.25) is 0 Å². The topological polar surface area (TPSA) is 96.2 Å². The number of rotatable bonds is 19. The second kappa shape index (κ2) is 17.2. The SMILES string of the molecule is CCCCCCCCC(CCCCCC)COCC(O)COP(=O)(O)O. The van der Waals surface area contributed by atoms with E-state index < -0.39 is 20.5 Å². The van der Waals surface area contributed by atoms with E-state index in [1.807, 2.05) is 0 Å². The molecule has 0 rings (SSSR count). The van der Waals surface area contributed by atoms with Crippen LogP contribution in [-0.2, 0) is 13.8 Å². The zero-order chi connectivity index (χ0) is 19.7. The van der Waals surface area contributed by atoms with Crippen LogP contribution < -0.4 is 0 Å². The first-order valence-corrected chi connectivity index (χ1v) is 11.9. The molecule has 2 unspecified atom stereocenters. The molecule has 158 valence electrons. The molecule has 2 atom stereocenters. The molecule has 0 aromatic heterocycles. The summed E-state index contributed by atoms with van der Waals surface area (Å²) >= 11 is 0. The zero-order valence-corrected chi connectivity index (χ0v) is 17.7. The van der Waals surface area contributed by atoms with E-state index in [1.54, 1.807) is 0 Å². The van der Waals surface area contributed by atoms with Crippen LogP contribution in [0.1, 0.15) is 90.9 Å². The third kappa shape index (κ3) is 18.8. The Kier molecular flexibility index (Phi) is 17.2. The predicted octanol–water partition coefficient (Wildman–Crippen LogP) is 4.81. The minimum absolute atomic E-state index is 0.0436. The fraction of sp³-hybridized carbons (Fsp3) is 1.00. The van der Waals surface area contributed by atoms with Crippen LogP contribution in [0, 0.1) is 5.92 Å². The maximum atomic E-state index is 10.6. The van der Waals surface area contributed by atoms with E-state index in [0.29, 0.717) is 12.5 Å². The Bertz CT molecular complexity index is 347. The molecule has 0 aromatic rings. The van der Waals surface area contributed by atoms with Gasteiger partial charge in [0.2, 0.25) is 0 Å². The Morgan fingerprint density at radius 3 is 1.81 bits per heavy atom. The number of aliphatic hydroxyl groups excluding tert-OH is 1. The molecule has 0 saturated carbocycles. The van der Waals surface area contributed by atoms with E-state index >= 15 is 0 Å². The Labute approximate surface area is 159 Å². The van der Waals surface area contributed by atoms with Crippen LogP contribution in [0.25, 0.3) is 0 Å². The predicted molar refractivity (Wildman–Crippen MR) is 105 cm³/mol. The number of aliphatic hydroxyl groups is 1. The summed E-state index contributed by atoms with van der Waals surface area (Å²) in [6.07, 6.45) is 13.9. The van der Waals surface area contributed by atoms with Gasteiger partial charge in [0, 0.05) is 6.61 Å². The average Bonchev–Trinajstić information content (AvgIpc) is 2.58. The molecule has 0 aliphatic carbocycles. The van der Waals surface area contributed by atoms with E-state index in [1.165, 1.54) is 64.2 Å². The average molecular weight is 397 g/mol. The van der Waals surface area contributed by atoms with Crippen molar-refractivity contribution in [3.63, 3.8) is 0 Å². The minimum Gasteiger partial charge on any atom is -0.388 e. The van der Waals surface area contributed by atoms with Crippen molar-refractivity contribution in [2.24, 2.45) is 5.92 Å². The molecule has 7 heteroatoms. The van der Waals surface area contributed by atoms with Crippen molar-refractivity contribution in [2.45, 2.75) is 97.0 Å². The lowest BCUT2D eigenvalue weighted by molar-refractivity contribution is -0.00686.